The van der Waals surface area contributed by atoms with Gasteiger partial charge in [-0.15, -0.1) is 0 Å². The van der Waals surface area contributed by atoms with E-state index in [1.807, 2.05) is 0 Å². The summed E-state index contributed by atoms with van der Waals surface area (Å²) in [4.78, 5) is 3.09. The second-order valence-corrected chi connectivity index (χ2v) is 5.74. The number of hydrogen-bond donors (Lipinski definition) is 3. The van der Waals surface area contributed by atoms with Gasteiger partial charge in [0, 0.05) is 6.20 Å². The molecule has 4 N–H and O–H groups in total. The molecule has 0 aromatic carbocycles. The van der Waals surface area contributed by atoms with E-state index in [0.717, 1.165) is 18.5 Å². The molecule has 0 saturated carbocycles. The second-order valence-electron chi connectivity index (χ2n) is 4.05. The lowest BCUT2D eigenvalue weighted by molar-refractivity contribution is 0.312. The van der Waals surface area contributed by atoms with Crippen molar-refractivity contribution in [1.29, 1.82) is 0 Å². The summed E-state index contributed by atoms with van der Waals surface area (Å²) in [5.41, 5.74) is 4.03. The average molecular weight is 276 g/mol. The van der Waals surface area contributed by atoms with Crippen LogP contribution >= 0.6 is 0 Å². The van der Waals surface area contributed by atoms with Crippen LogP contribution in [-0.4, -0.2) is 30.0 Å². The summed E-state index contributed by atoms with van der Waals surface area (Å²) in [6.07, 6.45) is 1.88. The third-order valence-electron chi connectivity index (χ3n) is 2.13. The van der Waals surface area contributed by atoms with Crippen LogP contribution in [0.2, 0.25) is 0 Å². The van der Waals surface area contributed by atoms with Gasteiger partial charge in [-0.25, -0.2) is 12.8 Å². The molecule has 1 aromatic heterocycles. The van der Waals surface area contributed by atoms with Gasteiger partial charge >= 0.3 is 0 Å². The average Bonchev–Trinajstić information content (AvgIpc) is 2.26. The lowest BCUT2D eigenvalue weighted by atomic mass is 10.1. The van der Waals surface area contributed by atoms with Crippen LogP contribution in [0.1, 0.15) is 13.8 Å². The topological polar surface area (TPSA) is 118 Å². The fraction of sp³-hybridized carbons (Fsp3) is 0.333. The zero-order chi connectivity index (χ0) is 14.0. The number of rotatable bonds is 4. The normalized spacial score (nSPS) is 13.6. The van der Waals surface area contributed by atoms with Crippen LogP contribution in [0.5, 0.6) is 0 Å². The summed E-state index contributed by atoms with van der Waals surface area (Å²) in [5.74, 6) is -1.10. The minimum Gasteiger partial charge on any atom is -0.409 e. The van der Waals surface area contributed by atoms with E-state index in [1.165, 1.54) is 13.8 Å². The second kappa shape index (κ2) is 4.86. The highest BCUT2D eigenvalue weighted by molar-refractivity contribution is 7.89. The van der Waals surface area contributed by atoms with Gasteiger partial charge < -0.3 is 10.9 Å². The highest BCUT2D eigenvalue weighted by Crippen LogP contribution is 2.13. The molecular formula is C9H13FN4O3S. The van der Waals surface area contributed by atoms with Gasteiger partial charge in [0.05, 0.1) is 11.7 Å². The molecule has 1 aromatic rings. The van der Waals surface area contributed by atoms with Gasteiger partial charge in [0.1, 0.15) is 10.7 Å². The SMILES string of the molecule is CC(C)(NS(=O)(=O)c1cncc(F)c1)C(N)=NO. The molecule has 0 aliphatic heterocycles. The third kappa shape index (κ3) is 3.14. The van der Waals surface area contributed by atoms with Crippen LogP contribution < -0.4 is 10.5 Å². The lowest BCUT2D eigenvalue weighted by Gasteiger charge is -2.24. The molecule has 0 radical (unpaired) electrons. The number of aromatic nitrogens is 1. The highest BCUT2D eigenvalue weighted by atomic mass is 32.2. The molecule has 18 heavy (non-hydrogen) atoms. The van der Waals surface area contributed by atoms with Crippen molar-refractivity contribution in [2.45, 2.75) is 24.3 Å². The van der Waals surface area contributed by atoms with Crippen molar-refractivity contribution in [2.24, 2.45) is 10.9 Å². The maximum Gasteiger partial charge on any atom is 0.243 e. The fourth-order valence-electron chi connectivity index (χ4n) is 1.11. The Balaban J connectivity index is 3.10. The number of pyridine rings is 1. The Kier molecular flexibility index (Phi) is 3.87. The smallest absolute Gasteiger partial charge is 0.243 e. The highest BCUT2D eigenvalue weighted by Gasteiger charge is 2.30. The van der Waals surface area contributed by atoms with Crippen molar-refractivity contribution in [2.75, 3.05) is 0 Å². The molecule has 0 unspecified atom stereocenters. The van der Waals surface area contributed by atoms with Crippen molar-refractivity contribution in [3.05, 3.63) is 24.3 Å². The molecule has 0 aliphatic rings. The minimum atomic E-state index is -4.02. The summed E-state index contributed by atoms with van der Waals surface area (Å²) in [5, 5.41) is 11.3. The summed E-state index contributed by atoms with van der Waals surface area (Å²) in [6.45, 7) is 2.79. The van der Waals surface area contributed by atoms with Crippen molar-refractivity contribution in [1.82, 2.24) is 9.71 Å². The molecule has 0 bridgehead atoms. The van der Waals surface area contributed by atoms with E-state index in [0.29, 0.717) is 0 Å². The predicted molar refractivity (Wildman–Crippen MR) is 62.0 cm³/mol. The Bertz CT molecular complexity index is 571. The van der Waals surface area contributed by atoms with Crippen molar-refractivity contribution < 1.29 is 18.0 Å². The van der Waals surface area contributed by atoms with E-state index in [4.69, 9.17) is 10.9 Å². The minimum absolute atomic E-state index is 0.324. The number of nitrogens with one attached hydrogen (secondary N) is 1. The standard InChI is InChI=1S/C9H13FN4O3S/c1-9(2,8(11)13-15)14-18(16,17)7-3-6(10)4-12-5-7/h3-5,14-15H,1-2H3,(H2,11,13). The van der Waals surface area contributed by atoms with Gasteiger partial charge in [-0.3, -0.25) is 4.98 Å². The van der Waals surface area contributed by atoms with Gasteiger partial charge in [0.2, 0.25) is 10.0 Å². The zero-order valence-corrected chi connectivity index (χ0v) is 10.6. The zero-order valence-electron chi connectivity index (χ0n) is 9.75. The van der Waals surface area contributed by atoms with E-state index in [1.54, 1.807) is 0 Å². The monoisotopic (exact) mass is 276 g/mol. The van der Waals surface area contributed by atoms with Crippen LogP contribution in [0, 0.1) is 5.82 Å². The summed E-state index contributed by atoms with van der Waals surface area (Å²) in [6, 6.07) is 0.817. The summed E-state index contributed by atoms with van der Waals surface area (Å²) < 4.78 is 38.9. The van der Waals surface area contributed by atoms with Gasteiger partial charge in [0.25, 0.3) is 0 Å². The lowest BCUT2D eigenvalue weighted by Crippen LogP contribution is -2.53. The number of oxime groups is 1. The Morgan fingerprint density at radius 2 is 2.17 bits per heavy atom. The van der Waals surface area contributed by atoms with E-state index < -0.39 is 21.4 Å². The molecule has 0 aliphatic carbocycles. The first-order valence-corrected chi connectivity index (χ1v) is 6.30. The number of sulfonamides is 1. The molecule has 100 valence electrons. The number of nitrogens with two attached hydrogens (primary N) is 1. The molecule has 0 fully saturated rings. The first-order chi connectivity index (χ1) is 8.19. The molecular weight excluding hydrogens is 263 g/mol. The molecule has 7 nitrogen and oxygen atoms in total. The quantitative estimate of drug-likeness (QED) is 0.310. The van der Waals surface area contributed by atoms with E-state index >= 15 is 0 Å². The van der Waals surface area contributed by atoms with Crippen LogP contribution in [0.25, 0.3) is 0 Å². The third-order valence-corrected chi connectivity index (χ3v) is 3.75. The fourth-order valence-corrected chi connectivity index (χ4v) is 2.47. The maximum atomic E-state index is 12.9. The van der Waals surface area contributed by atoms with Crippen LogP contribution in [0.15, 0.2) is 28.5 Å². The number of amidine groups is 1. The Morgan fingerprint density at radius 3 is 2.67 bits per heavy atom. The van der Waals surface area contributed by atoms with Crippen molar-refractivity contribution in [3.8, 4) is 0 Å². The first kappa shape index (κ1) is 14.3. The molecule has 9 heteroatoms. The van der Waals surface area contributed by atoms with Gasteiger partial charge in [-0.05, 0) is 19.9 Å². The van der Waals surface area contributed by atoms with E-state index in [-0.39, 0.29) is 10.7 Å². The number of hydrogen-bond acceptors (Lipinski definition) is 5. The Labute approximate surface area is 104 Å². The van der Waals surface area contributed by atoms with E-state index in [9.17, 15) is 12.8 Å². The Hall–Kier alpha value is -1.74. The Morgan fingerprint density at radius 1 is 1.56 bits per heavy atom. The summed E-state index contributed by atoms with van der Waals surface area (Å²) >= 11 is 0. The van der Waals surface area contributed by atoms with Crippen molar-refractivity contribution >= 4 is 15.9 Å². The molecule has 0 atom stereocenters. The van der Waals surface area contributed by atoms with E-state index in [2.05, 4.69) is 14.9 Å². The number of nitrogens with zero attached hydrogens (tertiary/aromatic N) is 2. The van der Waals surface area contributed by atoms with Gasteiger partial charge in [-0.1, -0.05) is 5.16 Å². The number of halogens is 1. The maximum absolute atomic E-state index is 12.9. The first-order valence-electron chi connectivity index (χ1n) is 4.81. The van der Waals surface area contributed by atoms with Crippen molar-refractivity contribution in [3.63, 3.8) is 0 Å². The molecule has 0 amide bonds. The van der Waals surface area contributed by atoms with Crippen LogP contribution in [-0.2, 0) is 10.0 Å². The van der Waals surface area contributed by atoms with Gasteiger partial charge in [-0.2, -0.15) is 4.72 Å². The molecule has 0 saturated heterocycles. The predicted octanol–water partition coefficient (Wildman–Crippen LogP) is 0.0240. The summed E-state index contributed by atoms with van der Waals surface area (Å²) in [7, 11) is -4.02. The van der Waals surface area contributed by atoms with Crippen LogP contribution in [0.4, 0.5) is 4.39 Å². The van der Waals surface area contributed by atoms with Crippen LogP contribution in [0.3, 0.4) is 0 Å². The van der Waals surface area contributed by atoms with Gasteiger partial charge in [0.15, 0.2) is 5.84 Å². The molecule has 1 heterocycles. The largest absolute Gasteiger partial charge is 0.409 e. The molecule has 1 rings (SSSR count). The molecule has 0 spiro atoms.